The lowest BCUT2D eigenvalue weighted by atomic mass is 9.79. The van der Waals surface area contributed by atoms with Gasteiger partial charge in [0, 0.05) is 25.7 Å². The largest absolute Gasteiger partial charge is 0.493 e. The van der Waals surface area contributed by atoms with Crippen molar-refractivity contribution < 1.29 is 9.47 Å². The summed E-state index contributed by atoms with van der Waals surface area (Å²) in [5.41, 5.74) is 7.57. The molecule has 0 radical (unpaired) electrons. The molecule has 1 aliphatic rings. The minimum Gasteiger partial charge on any atom is -0.493 e. The summed E-state index contributed by atoms with van der Waals surface area (Å²) < 4.78 is 11.7. The third-order valence-corrected chi connectivity index (χ3v) is 5.22. The van der Waals surface area contributed by atoms with Gasteiger partial charge < -0.3 is 15.2 Å². The molecule has 126 valence electrons. The smallest absolute Gasteiger partial charge is 0.175 e. The molecule has 22 heavy (non-hydrogen) atoms. The third-order valence-electron chi connectivity index (χ3n) is 4.35. The molecule has 1 heterocycles. The molecule has 1 aliphatic heterocycles. The molecule has 1 aromatic carbocycles. The first kappa shape index (κ1) is 19.6. The minimum absolute atomic E-state index is 0. The Morgan fingerprint density at radius 2 is 2.00 bits per heavy atom. The van der Waals surface area contributed by atoms with E-state index < -0.39 is 0 Å². The van der Waals surface area contributed by atoms with Gasteiger partial charge in [0.15, 0.2) is 11.5 Å². The molecule has 0 aliphatic carbocycles. The highest BCUT2D eigenvalue weighted by atomic mass is 79.9. The van der Waals surface area contributed by atoms with Gasteiger partial charge in [-0.15, -0.1) is 12.4 Å². The highest BCUT2D eigenvalue weighted by Gasteiger charge is 2.33. The monoisotopic (exact) mass is 392 g/mol. The lowest BCUT2D eigenvalue weighted by Crippen LogP contribution is -2.52. The Kier molecular flexibility index (Phi) is 6.99. The Labute approximate surface area is 147 Å². The van der Waals surface area contributed by atoms with Crippen molar-refractivity contribution in [3.05, 3.63) is 22.2 Å². The van der Waals surface area contributed by atoms with Gasteiger partial charge in [-0.25, -0.2) is 0 Å². The molecular formula is C16H26BrClN2O2. The molecule has 0 amide bonds. The van der Waals surface area contributed by atoms with Gasteiger partial charge in [-0.2, -0.15) is 0 Å². The molecule has 4 nitrogen and oxygen atoms in total. The second-order valence-electron chi connectivity index (χ2n) is 6.37. The van der Waals surface area contributed by atoms with Gasteiger partial charge in [0.2, 0.25) is 0 Å². The van der Waals surface area contributed by atoms with E-state index in [2.05, 4.69) is 40.7 Å². The van der Waals surface area contributed by atoms with Crippen LogP contribution in [0.1, 0.15) is 25.8 Å². The maximum Gasteiger partial charge on any atom is 0.175 e. The van der Waals surface area contributed by atoms with E-state index in [1.54, 1.807) is 14.2 Å². The van der Waals surface area contributed by atoms with Crippen molar-refractivity contribution in [1.29, 1.82) is 0 Å². The highest BCUT2D eigenvalue weighted by molar-refractivity contribution is 9.10. The van der Waals surface area contributed by atoms with Gasteiger partial charge >= 0.3 is 0 Å². The zero-order valence-corrected chi connectivity index (χ0v) is 16.1. The van der Waals surface area contributed by atoms with Crippen molar-refractivity contribution in [2.75, 3.05) is 27.3 Å². The fourth-order valence-electron chi connectivity index (χ4n) is 2.91. The normalized spacial score (nSPS) is 21.1. The Morgan fingerprint density at radius 1 is 1.32 bits per heavy atom. The number of methoxy groups -OCH3 is 2. The molecule has 1 aromatic rings. The third kappa shape index (κ3) is 4.07. The van der Waals surface area contributed by atoms with Crippen LogP contribution in [0.3, 0.4) is 0 Å². The van der Waals surface area contributed by atoms with E-state index in [0.29, 0.717) is 0 Å². The lowest BCUT2D eigenvalue weighted by Gasteiger charge is -2.42. The molecule has 1 fully saturated rings. The number of benzene rings is 1. The predicted octanol–water partition coefficient (Wildman–Crippen LogP) is 3.45. The van der Waals surface area contributed by atoms with Crippen LogP contribution < -0.4 is 15.2 Å². The van der Waals surface area contributed by atoms with Crippen LogP contribution in [-0.4, -0.2) is 38.3 Å². The summed E-state index contributed by atoms with van der Waals surface area (Å²) in [6.07, 6.45) is 1.04. The summed E-state index contributed by atoms with van der Waals surface area (Å²) in [6.45, 7) is 7.42. The van der Waals surface area contributed by atoms with Crippen LogP contribution in [0.25, 0.3) is 0 Å². The maximum atomic E-state index is 6.21. The Hall–Kier alpha value is -0.490. The molecule has 0 saturated carbocycles. The van der Waals surface area contributed by atoms with Crippen molar-refractivity contribution in [2.45, 2.75) is 32.9 Å². The van der Waals surface area contributed by atoms with Crippen LogP contribution in [0, 0.1) is 5.41 Å². The van der Waals surface area contributed by atoms with Crippen LogP contribution in [0.2, 0.25) is 0 Å². The number of rotatable bonds is 4. The molecular weight excluding hydrogens is 368 g/mol. The van der Waals surface area contributed by atoms with Crippen molar-refractivity contribution >= 4 is 28.3 Å². The Bertz CT molecular complexity index is 511. The molecule has 1 atom stereocenters. The van der Waals surface area contributed by atoms with Crippen molar-refractivity contribution in [1.82, 2.24) is 4.90 Å². The van der Waals surface area contributed by atoms with E-state index in [0.717, 1.165) is 42.0 Å². The topological polar surface area (TPSA) is 47.7 Å². The zero-order chi connectivity index (χ0) is 15.6. The van der Waals surface area contributed by atoms with E-state index >= 15 is 0 Å². The number of likely N-dealkylation sites (tertiary alicyclic amines) is 1. The average Bonchev–Trinajstić information content (AvgIpc) is 2.44. The minimum atomic E-state index is 0. The van der Waals surface area contributed by atoms with E-state index in [1.165, 1.54) is 5.56 Å². The van der Waals surface area contributed by atoms with Gasteiger partial charge in [-0.1, -0.05) is 19.9 Å². The van der Waals surface area contributed by atoms with Crippen molar-refractivity contribution in [2.24, 2.45) is 11.1 Å². The number of halogens is 2. The first-order chi connectivity index (χ1) is 9.89. The fourth-order valence-corrected chi connectivity index (χ4v) is 3.53. The van der Waals surface area contributed by atoms with Gasteiger partial charge in [0.05, 0.1) is 18.7 Å². The first-order valence-corrected chi connectivity index (χ1v) is 8.05. The molecule has 1 saturated heterocycles. The van der Waals surface area contributed by atoms with Crippen molar-refractivity contribution in [3.8, 4) is 11.5 Å². The number of ether oxygens (including phenoxy) is 2. The van der Waals surface area contributed by atoms with E-state index in [9.17, 15) is 0 Å². The maximum absolute atomic E-state index is 6.21. The second kappa shape index (κ2) is 7.86. The quantitative estimate of drug-likeness (QED) is 0.851. The second-order valence-corrected chi connectivity index (χ2v) is 7.16. The van der Waals surface area contributed by atoms with Crippen LogP contribution in [-0.2, 0) is 6.54 Å². The molecule has 0 aromatic heterocycles. The number of piperidine rings is 1. The predicted molar refractivity (Wildman–Crippen MR) is 96.1 cm³/mol. The number of hydrogen-bond acceptors (Lipinski definition) is 4. The summed E-state index contributed by atoms with van der Waals surface area (Å²) in [4.78, 5) is 2.45. The van der Waals surface area contributed by atoms with E-state index in [-0.39, 0.29) is 23.9 Å². The highest BCUT2D eigenvalue weighted by Crippen LogP contribution is 2.38. The van der Waals surface area contributed by atoms with Crippen molar-refractivity contribution in [3.63, 3.8) is 0 Å². The summed E-state index contributed by atoms with van der Waals surface area (Å²) in [7, 11) is 3.31. The zero-order valence-electron chi connectivity index (χ0n) is 13.7. The molecule has 0 bridgehead atoms. The lowest BCUT2D eigenvalue weighted by molar-refractivity contribution is 0.0896. The summed E-state index contributed by atoms with van der Waals surface area (Å²) in [5.74, 6) is 1.50. The first-order valence-electron chi connectivity index (χ1n) is 7.26. The van der Waals surface area contributed by atoms with E-state index in [1.807, 2.05) is 6.07 Å². The molecule has 2 rings (SSSR count). The van der Waals surface area contributed by atoms with Crippen LogP contribution in [0.5, 0.6) is 11.5 Å². The van der Waals surface area contributed by atoms with Crippen LogP contribution >= 0.6 is 28.3 Å². The number of nitrogens with two attached hydrogens (primary N) is 1. The summed E-state index contributed by atoms with van der Waals surface area (Å²) in [5, 5.41) is 0. The molecule has 2 N–H and O–H groups in total. The fraction of sp³-hybridized carbons (Fsp3) is 0.625. The van der Waals surface area contributed by atoms with Gasteiger partial charge in [0.25, 0.3) is 0 Å². The molecule has 0 spiro atoms. The van der Waals surface area contributed by atoms with Gasteiger partial charge in [-0.3, -0.25) is 4.90 Å². The van der Waals surface area contributed by atoms with Gasteiger partial charge in [-0.05, 0) is 39.4 Å². The standard InChI is InChI=1S/C16H25BrN2O2.ClH/c1-16(2)10-19(8-7-13(16)18)9-11-5-6-12(20-3)15(21-4)14(11)17;/h5-6,13H,7-10,18H2,1-4H3;1H. The van der Waals surface area contributed by atoms with E-state index in [4.69, 9.17) is 15.2 Å². The Balaban J connectivity index is 0.00000242. The number of nitrogens with zero attached hydrogens (tertiary/aromatic N) is 1. The number of hydrogen-bond donors (Lipinski definition) is 1. The summed E-state index contributed by atoms with van der Waals surface area (Å²) >= 11 is 3.64. The SMILES string of the molecule is COc1ccc(CN2CCC(N)C(C)(C)C2)c(Br)c1OC.Cl. The summed E-state index contributed by atoms with van der Waals surface area (Å²) in [6, 6.07) is 4.33. The van der Waals surface area contributed by atoms with Crippen LogP contribution in [0.4, 0.5) is 0 Å². The average molecular weight is 394 g/mol. The molecule has 6 heteroatoms. The Morgan fingerprint density at radius 3 is 2.55 bits per heavy atom. The van der Waals surface area contributed by atoms with Crippen LogP contribution in [0.15, 0.2) is 16.6 Å². The van der Waals surface area contributed by atoms with Gasteiger partial charge in [0.1, 0.15) is 0 Å². The molecule has 1 unspecified atom stereocenters.